The van der Waals surface area contributed by atoms with Gasteiger partial charge in [-0.3, -0.25) is 4.79 Å². The van der Waals surface area contributed by atoms with Crippen LogP contribution < -0.4 is 16.6 Å². The van der Waals surface area contributed by atoms with Gasteiger partial charge in [0.25, 0.3) is 5.56 Å². The lowest BCUT2D eigenvalue weighted by Gasteiger charge is -2.11. The van der Waals surface area contributed by atoms with Crippen molar-refractivity contribution in [1.29, 1.82) is 0 Å². The van der Waals surface area contributed by atoms with Crippen LogP contribution in [0.3, 0.4) is 0 Å². The number of benzene rings is 1. The Hall–Kier alpha value is -2.30. The molecule has 0 atom stereocenters. The molecule has 0 saturated heterocycles. The van der Waals surface area contributed by atoms with Gasteiger partial charge in [0.2, 0.25) is 0 Å². The molecule has 0 amide bonds. The number of nitrogen functional groups attached to an aromatic ring is 1. The van der Waals surface area contributed by atoms with Crippen LogP contribution in [0.5, 0.6) is 0 Å². The second-order valence-electron chi connectivity index (χ2n) is 4.88. The standard InChI is InChI=1S/C14H18N4O/c1-10(2)9-18-7-6-16-13(14(18)19)17-12-5-3-4-11(15)8-12/h3-8,10H,9,15H2,1-2H3,(H,16,17). The fourth-order valence-electron chi connectivity index (χ4n) is 1.82. The fraction of sp³-hybridized carbons (Fsp3) is 0.286. The van der Waals surface area contributed by atoms with Crippen molar-refractivity contribution < 1.29 is 0 Å². The monoisotopic (exact) mass is 258 g/mol. The minimum atomic E-state index is -0.126. The van der Waals surface area contributed by atoms with Crippen LogP contribution >= 0.6 is 0 Å². The van der Waals surface area contributed by atoms with E-state index in [2.05, 4.69) is 24.1 Å². The van der Waals surface area contributed by atoms with Gasteiger partial charge >= 0.3 is 0 Å². The smallest absolute Gasteiger partial charge is 0.293 e. The van der Waals surface area contributed by atoms with Crippen molar-refractivity contribution in [2.75, 3.05) is 11.1 Å². The summed E-state index contributed by atoms with van der Waals surface area (Å²) in [5.74, 6) is 0.717. The van der Waals surface area contributed by atoms with Gasteiger partial charge in [0.1, 0.15) is 0 Å². The maximum atomic E-state index is 12.2. The topological polar surface area (TPSA) is 72.9 Å². The maximum absolute atomic E-state index is 12.2. The van der Waals surface area contributed by atoms with Crippen molar-refractivity contribution in [2.24, 2.45) is 5.92 Å². The van der Waals surface area contributed by atoms with E-state index in [0.717, 1.165) is 5.69 Å². The number of rotatable bonds is 4. The average molecular weight is 258 g/mol. The Labute approximate surface area is 112 Å². The van der Waals surface area contributed by atoms with Crippen LogP contribution in [0.4, 0.5) is 17.2 Å². The second-order valence-corrected chi connectivity index (χ2v) is 4.88. The number of nitrogens with one attached hydrogen (secondary N) is 1. The summed E-state index contributed by atoms with van der Waals surface area (Å²) < 4.78 is 1.66. The van der Waals surface area contributed by atoms with Gasteiger partial charge in [0.05, 0.1) is 0 Å². The molecule has 3 N–H and O–H groups in total. The summed E-state index contributed by atoms with van der Waals surface area (Å²) in [6.45, 7) is 4.81. The number of nitrogens with zero attached hydrogens (tertiary/aromatic N) is 2. The summed E-state index contributed by atoms with van der Waals surface area (Å²) in [5, 5.41) is 3.00. The molecule has 0 aliphatic carbocycles. The molecule has 0 unspecified atom stereocenters. The van der Waals surface area contributed by atoms with Gasteiger partial charge in [0, 0.05) is 30.3 Å². The van der Waals surface area contributed by atoms with Crippen molar-refractivity contribution in [2.45, 2.75) is 20.4 Å². The van der Waals surface area contributed by atoms with Crippen molar-refractivity contribution in [3.8, 4) is 0 Å². The van der Waals surface area contributed by atoms with E-state index in [1.54, 1.807) is 29.1 Å². The second kappa shape index (κ2) is 5.56. The minimum Gasteiger partial charge on any atom is -0.399 e. The van der Waals surface area contributed by atoms with E-state index < -0.39 is 0 Å². The third kappa shape index (κ3) is 3.34. The molecule has 0 fully saturated rings. The van der Waals surface area contributed by atoms with Gasteiger partial charge in [-0.05, 0) is 24.1 Å². The van der Waals surface area contributed by atoms with E-state index in [1.807, 2.05) is 12.1 Å². The van der Waals surface area contributed by atoms with E-state index in [-0.39, 0.29) is 5.56 Å². The summed E-state index contributed by atoms with van der Waals surface area (Å²) in [6.07, 6.45) is 3.32. The normalized spacial score (nSPS) is 10.7. The predicted octanol–water partition coefficient (Wildman–Crippen LogP) is 2.23. The van der Waals surface area contributed by atoms with Crippen LogP contribution in [0.15, 0.2) is 41.5 Å². The molecule has 0 aliphatic heterocycles. The zero-order chi connectivity index (χ0) is 13.8. The maximum Gasteiger partial charge on any atom is 0.293 e. The Morgan fingerprint density at radius 2 is 2.21 bits per heavy atom. The molecule has 0 aliphatic rings. The van der Waals surface area contributed by atoms with Crippen LogP contribution in [-0.4, -0.2) is 9.55 Å². The average Bonchev–Trinajstić information content (AvgIpc) is 2.34. The minimum absolute atomic E-state index is 0.126. The highest BCUT2D eigenvalue weighted by Gasteiger charge is 2.06. The first kappa shape index (κ1) is 13.1. The van der Waals surface area contributed by atoms with Gasteiger partial charge in [0.15, 0.2) is 5.82 Å². The number of aromatic nitrogens is 2. The van der Waals surface area contributed by atoms with E-state index in [1.165, 1.54) is 0 Å². The van der Waals surface area contributed by atoms with Crippen molar-refractivity contribution in [3.63, 3.8) is 0 Å². The molecule has 2 rings (SSSR count). The molecule has 1 aromatic carbocycles. The highest BCUT2D eigenvalue weighted by Crippen LogP contribution is 2.14. The van der Waals surface area contributed by atoms with Crippen LogP contribution in [0.1, 0.15) is 13.8 Å². The molecule has 1 aromatic heterocycles. The summed E-state index contributed by atoms with van der Waals surface area (Å²) in [5.41, 5.74) is 6.97. The molecule has 5 heteroatoms. The lowest BCUT2D eigenvalue weighted by molar-refractivity contribution is 0.510. The van der Waals surface area contributed by atoms with Crippen molar-refractivity contribution in [3.05, 3.63) is 47.0 Å². The number of anilines is 3. The fourth-order valence-corrected chi connectivity index (χ4v) is 1.82. The van der Waals surface area contributed by atoms with Crippen molar-refractivity contribution >= 4 is 17.2 Å². The highest BCUT2D eigenvalue weighted by atomic mass is 16.1. The van der Waals surface area contributed by atoms with Crippen molar-refractivity contribution in [1.82, 2.24) is 9.55 Å². The Morgan fingerprint density at radius 3 is 2.89 bits per heavy atom. The largest absolute Gasteiger partial charge is 0.399 e. The van der Waals surface area contributed by atoms with Crippen LogP contribution in [-0.2, 0) is 6.54 Å². The quantitative estimate of drug-likeness (QED) is 0.825. The zero-order valence-corrected chi connectivity index (χ0v) is 11.1. The van der Waals surface area contributed by atoms with Crippen LogP contribution in [0, 0.1) is 5.92 Å². The highest BCUT2D eigenvalue weighted by molar-refractivity contribution is 5.60. The zero-order valence-electron chi connectivity index (χ0n) is 11.1. The van der Waals surface area contributed by atoms with E-state index in [0.29, 0.717) is 24.0 Å². The number of hydrogen-bond donors (Lipinski definition) is 2. The molecule has 0 spiro atoms. The third-order valence-electron chi connectivity index (χ3n) is 2.62. The first-order valence-corrected chi connectivity index (χ1v) is 6.24. The molecule has 2 aromatic rings. The predicted molar refractivity (Wildman–Crippen MR) is 77.5 cm³/mol. The molecule has 5 nitrogen and oxygen atoms in total. The van der Waals surface area contributed by atoms with E-state index in [9.17, 15) is 4.79 Å². The van der Waals surface area contributed by atoms with Crippen LogP contribution in [0.2, 0.25) is 0 Å². The van der Waals surface area contributed by atoms with E-state index >= 15 is 0 Å². The van der Waals surface area contributed by atoms with Gasteiger partial charge < -0.3 is 15.6 Å². The summed E-state index contributed by atoms with van der Waals surface area (Å²) >= 11 is 0. The van der Waals surface area contributed by atoms with Gasteiger partial charge in [-0.2, -0.15) is 0 Å². The Kier molecular flexibility index (Phi) is 3.85. The Bertz CT molecular complexity index is 619. The molecular formula is C14H18N4O. The molecule has 0 bridgehead atoms. The molecule has 19 heavy (non-hydrogen) atoms. The molecular weight excluding hydrogens is 240 g/mol. The number of hydrogen-bond acceptors (Lipinski definition) is 4. The summed E-state index contributed by atoms with van der Waals surface area (Å²) in [7, 11) is 0. The van der Waals surface area contributed by atoms with Gasteiger partial charge in [-0.25, -0.2) is 4.98 Å². The SMILES string of the molecule is CC(C)Cn1ccnc(Nc2cccc(N)c2)c1=O. The third-order valence-corrected chi connectivity index (χ3v) is 2.62. The summed E-state index contributed by atoms with van der Waals surface area (Å²) in [6, 6.07) is 7.23. The first-order chi connectivity index (χ1) is 9.06. The molecule has 0 saturated carbocycles. The summed E-state index contributed by atoms with van der Waals surface area (Å²) in [4.78, 5) is 16.3. The number of nitrogens with two attached hydrogens (primary N) is 1. The Balaban J connectivity index is 2.28. The lowest BCUT2D eigenvalue weighted by atomic mass is 10.2. The molecule has 100 valence electrons. The molecule has 0 radical (unpaired) electrons. The molecule has 1 heterocycles. The first-order valence-electron chi connectivity index (χ1n) is 6.24. The van der Waals surface area contributed by atoms with Gasteiger partial charge in [-0.15, -0.1) is 0 Å². The Morgan fingerprint density at radius 1 is 1.42 bits per heavy atom. The van der Waals surface area contributed by atoms with Crippen LogP contribution in [0.25, 0.3) is 0 Å². The van der Waals surface area contributed by atoms with Gasteiger partial charge in [-0.1, -0.05) is 19.9 Å². The van der Waals surface area contributed by atoms with E-state index in [4.69, 9.17) is 5.73 Å². The lowest BCUT2D eigenvalue weighted by Crippen LogP contribution is -2.24.